The third kappa shape index (κ3) is 6.08. The van der Waals surface area contributed by atoms with Gasteiger partial charge in [-0.1, -0.05) is 11.6 Å². The third-order valence-electron chi connectivity index (χ3n) is 4.83. The van der Waals surface area contributed by atoms with E-state index in [1.807, 2.05) is 13.1 Å². The van der Waals surface area contributed by atoms with Crippen LogP contribution in [0.2, 0.25) is 5.02 Å². The van der Waals surface area contributed by atoms with Gasteiger partial charge >= 0.3 is 0 Å². The Bertz CT molecular complexity index is 949. The predicted octanol–water partition coefficient (Wildman–Crippen LogP) is 3.46. The molecule has 1 fully saturated rings. The van der Waals surface area contributed by atoms with Gasteiger partial charge in [-0.05, 0) is 38.1 Å². The smallest absolute Gasteiger partial charge is 0.170 e. The Morgan fingerprint density at radius 2 is 1.87 bits per heavy atom. The van der Waals surface area contributed by atoms with Crippen molar-refractivity contribution >= 4 is 17.9 Å². The third-order valence-corrected chi connectivity index (χ3v) is 5.06. The van der Waals surface area contributed by atoms with Crippen molar-refractivity contribution in [2.24, 2.45) is 0 Å². The minimum Gasteiger partial charge on any atom is -0.306 e. The highest BCUT2D eigenvalue weighted by Crippen LogP contribution is 2.29. The fourth-order valence-electron chi connectivity index (χ4n) is 3.09. The SMILES string of the molecule is CN1CCC(F)(Cc2ccc(Cl)cn2)CC1.O=Cc1nccnc1-c1ccncn1. The second-order valence-electron chi connectivity index (χ2n) is 7.10. The minimum absolute atomic E-state index is 0.284. The van der Waals surface area contributed by atoms with Crippen LogP contribution < -0.4 is 0 Å². The molecular formula is C21H22ClFN6O. The second-order valence-corrected chi connectivity index (χ2v) is 7.54. The summed E-state index contributed by atoms with van der Waals surface area (Å²) in [5.41, 5.74) is 1.05. The van der Waals surface area contributed by atoms with Crippen LogP contribution in [0.1, 0.15) is 29.0 Å². The van der Waals surface area contributed by atoms with Gasteiger partial charge in [-0.25, -0.2) is 19.3 Å². The number of rotatable bonds is 4. The van der Waals surface area contributed by atoms with Crippen molar-refractivity contribution in [2.45, 2.75) is 24.9 Å². The maximum atomic E-state index is 14.4. The van der Waals surface area contributed by atoms with Crippen LogP contribution in [0.25, 0.3) is 11.4 Å². The zero-order valence-electron chi connectivity index (χ0n) is 16.6. The molecule has 1 saturated heterocycles. The summed E-state index contributed by atoms with van der Waals surface area (Å²) in [5.74, 6) is 0. The first-order chi connectivity index (χ1) is 14.5. The highest BCUT2D eigenvalue weighted by atomic mass is 35.5. The standard InChI is InChI=1S/C12H16ClFN2.C9H6N4O/c1-16-6-4-12(14,5-7-16)8-11-3-2-10(13)9-15-11;14-5-8-9(12-4-3-11-8)7-1-2-10-6-13-7/h2-3,9H,4-8H2,1H3;1-6H. The van der Waals surface area contributed by atoms with Gasteiger partial charge < -0.3 is 4.90 Å². The molecule has 0 unspecified atom stereocenters. The number of likely N-dealkylation sites (tertiary alicyclic amines) is 1. The first-order valence-corrected chi connectivity index (χ1v) is 9.87. The summed E-state index contributed by atoms with van der Waals surface area (Å²) < 4.78 is 14.4. The Balaban J connectivity index is 0.000000172. The maximum Gasteiger partial charge on any atom is 0.170 e. The molecule has 0 amide bonds. The highest BCUT2D eigenvalue weighted by Gasteiger charge is 2.33. The molecule has 1 aliphatic heterocycles. The molecule has 4 rings (SSSR count). The van der Waals surface area contributed by atoms with Gasteiger partial charge in [0.25, 0.3) is 0 Å². The summed E-state index contributed by atoms with van der Waals surface area (Å²) in [4.78, 5) is 32.6. The molecule has 0 radical (unpaired) electrons. The van der Waals surface area contributed by atoms with Crippen molar-refractivity contribution in [1.82, 2.24) is 29.8 Å². The second kappa shape index (κ2) is 10.3. The zero-order valence-corrected chi connectivity index (χ0v) is 17.3. The van der Waals surface area contributed by atoms with E-state index in [1.54, 1.807) is 24.5 Å². The number of carbonyl (C=O) groups is 1. The first-order valence-electron chi connectivity index (χ1n) is 9.49. The number of pyridine rings is 1. The van der Waals surface area contributed by atoms with Crippen LogP contribution >= 0.6 is 11.6 Å². The van der Waals surface area contributed by atoms with Gasteiger partial charge in [0.05, 0.1) is 10.7 Å². The topological polar surface area (TPSA) is 84.8 Å². The molecule has 0 aliphatic carbocycles. The van der Waals surface area contributed by atoms with Gasteiger partial charge in [0.1, 0.15) is 23.4 Å². The lowest BCUT2D eigenvalue weighted by Crippen LogP contribution is -2.41. The average molecular weight is 429 g/mol. The van der Waals surface area contributed by atoms with Gasteiger partial charge in [-0.3, -0.25) is 14.8 Å². The van der Waals surface area contributed by atoms with Gasteiger partial charge in [0.2, 0.25) is 0 Å². The lowest BCUT2D eigenvalue weighted by Gasteiger charge is -2.34. The molecule has 0 spiro atoms. The number of hydrogen-bond acceptors (Lipinski definition) is 7. The summed E-state index contributed by atoms with van der Waals surface area (Å²) in [6, 6.07) is 5.25. The van der Waals surface area contributed by atoms with Gasteiger partial charge in [0, 0.05) is 50.0 Å². The Morgan fingerprint density at radius 1 is 1.10 bits per heavy atom. The van der Waals surface area contributed by atoms with Crippen LogP contribution in [0.15, 0.2) is 49.3 Å². The largest absolute Gasteiger partial charge is 0.306 e. The highest BCUT2D eigenvalue weighted by molar-refractivity contribution is 6.30. The quantitative estimate of drug-likeness (QED) is 0.588. The molecule has 4 heterocycles. The molecule has 0 saturated carbocycles. The Kier molecular flexibility index (Phi) is 7.48. The van der Waals surface area contributed by atoms with E-state index in [9.17, 15) is 9.18 Å². The number of nitrogens with zero attached hydrogens (tertiary/aromatic N) is 6. The summed E-state index contributed by atoms with van der Waals surface area (Å²) in [6.45, 7) is 1.65. The van der Waals surface area contributed by atoms with Gasteiger partial charge in [-0.15, -0.1) is 0 Å². The van der Waals surface area contributed by atoms with Gasteiger partial charge in [0.15, 0.2) is 6.29 Å². The fourth-order valence-corrected chi connectivity index (χ4v) is 3.21. The van der Waals surface area contributed by atoms with Gasteiger partial charge in [-0.2, -0.15) is 0 Å². The number of hydrogen-bond donors (Lipinski definition) is 0. The molecule has 3 aromatic heterocycles. The van der Waals surface area contributed by atoms with E-state index < -0.39 is 5.67 Å². The maximum absolute atomic E-state index is 14.4. The van der Waals surface area contributed by atoms with E-state index in [4.69, 9.17) is 11.6 Å². The van der Waals surface area contributed by atoms with Crippen LogP contribution in [0.3, 0.4) is 0 Å². The fraction of sp³-hybridized carbons (Fsp3) is 0.333. The molecule has 7 nitrogen and oxygen atoms in total. The molecule has 1 aliphatic rings. The minimum atomic E-state index is -1.09. The Labute approximate surface area is 179 Å². The predicted molar refractivity (Wildman–Crippen MR) is 112 cm³/mol. The number of aldehydes is 1. The van der Waals surface area contributed by atoms with E-state index in [0.717, 1.165) is 18.8 Å². The first kappa shape index (κ1) is 21.9. The van der Waals surface area contributed by atoms with Crippen molar-refractivity contribution in [3.05, 3.63) is 65.7 Å². The van der Waals surface area contributed by atoms with Crippen molar-refractivity contribution in [3.63, 3.8) is 0 Å². The van der Waals surface area contributed by atoms with Crippen molar-refractivity contribution in [1.29, 1.82) is 0 Å². The number of piperidine rings is 1. The molecule has 0 aromatic carbocycles. The molecule has 9 heteroatoms. The van der Waals surface area contributed by atoms with E-state index >= 15 is 0 Å². The number of carbonyl (C=O) groups excluding carboxylic acids is 1. The zero-order chi connectivity index (χ0) is 21.4. The molecule has 0 N–H and O–H groups in total. The van der Waals surface area contributed by atoms with Crippen LogP contribution in [0.5, 0.6) is 0 Å². The lowest BCUT2D eigenvalue weighted by molar-refractivity contribution is 0.0689. The van der Waals surface area contributed by atoms with Crippen molar-refractivity contribution < 1.29 is 9.18 Å². The normalized spacial score (nSPS) is 15.7. The monoisotopic (exact) mass is 428 g/mol. The van der Waals surface area contributed by atoms with Crippen molar-refractivity contribution in [2.75, 3.05) is 20.1 Å². The van der Waals surface area contributed by atoms with Crippen LogP contribution in [0.4, 0.5) is 4.39 Å². The van der Waals surface area contributed by atoms with E-state index in [1.165, 1.54) is 18.7 Å². The summed E-state index contributed by atoms with van der Waals surface area (Å²) >= 11 is 5.75. The summed E-state index contributed by atoms with van der Waals surface area (Å²) in [5, 5.41) is 0.597. The molecular weight excluding hydrogens is 407 g/mol. The van der Waals surface area contributed by atoms with Crippen LogP contribution in [-0.2, 0) is 6.42 Å². The molecule has 156 valence electrons. The molecule has 3 aromatic rings. The van der Waals surface area contributed by atoms with Crippen molar-refractivity contribution in [3.8, 4) is 11.4 Å². The number of aromatic nitrogens is 5. The lowest BCUT2D eigenvalue weighted by atomic mass is 9.89. The van der Waals surface area contributed by atoms with E-state index in [2.05, 4.69) is 29.8 Å². The molecule has 0 bridgehead atoms. The van der Waals surface area contributed by atoms with Crippen LogP contribution in [-0.4, -0.2) is 61.9 Å². The molecule has 0 atom stereocenters. The number of halogens is 2. The Hall–Kier alpha value is -2.84. The Morgan fingerprint density at radius 3 is 2.50 bits per heavy atom. The number of alkyl halides is 1. The summed E-state index contributed by atoms with van der Waals surface area (Å²) in [6.07, 6.45) is 9.79. The van der Waals surface area contributed by atoms with E-state index in [0.29, 0.717) is 42.0 Å². The molecule has 30 heavy (non-hydrogen) atoms. The average Bonchev–Trinajstić information content (AvgIpc) is 2.79. The summed E-state index contributed by atoms with van der Waals surface area (Å²) in [7, 11) is 2.03. The van der Waals surface area contributed by atoms with E-state index in [-0.39, 0.29) is 5.69 Å². The van der Waals surface area contributed by atoms with Crippen LogP contribution in [0, 0.1) is 0 Å².